The summed E-state index contributed by atoms with van der Waals surface area (Å²) >= 11 is 0. The number of amides is 1. The fraction of sp³-hybridized carbons (Fsp3) is 0.556. The summed E-state index contributed by atoms with van der Waals surface area (Å²) in [5, 5.41) is 2.84. The van der Waals surface area contributed by atoms with Crippen LogP contribution in [0.25, 0.3) is 0 Å². The molecule has 2 aliphatic heterocycles. The molecule has 0 aliphatic carbocycles. The van der Waals surface area contributed by atoms with Gasteiger partial charge in [0.05, 0.1) is 18.5 Å². The molecule has 1 amide bonds. The zero-order chi connectivity index (χ0) is 16.3. The van der Waals surface area contributed by atoms with Crippen molar-refractivity contribution in [2.75, 3.05) is 26.2 Å². The van der Waals surface area contributed by atoms with E-state index >= 15 is 0 Å². The molecule has 1 aromatic rings. The van der Waals surface area contributed by atoms with Crippen molar-refractivity contribution in [2.24, 2.45) is 0 Å². The lowest BCUT2D eigenvalue weighted by molar-refractivity contribution is -0.122. The third-order valence-electron chi connectivity index (χ3n) is 4.73. The van der Waals surface area contributed by atoms with Crippen molar-refractivity contribution in [3.8, 4) is 5.75 Å². The van der Waals surface area contributed by atoms with Crippen molar-refractivity contribution in [2.45, 2.75) is 38.2 Å². The van der Waals surface area contributed by atoms with E-state index in [1.807, 2.05) is 31.2 Å². The Hall–Kier alpha value is -1.88. The maximum absolute atomic E-state index is 12.5. The average Bonchev–Trinajstić information content (AvgIpc) is 2.70. The predicted octanol–water partition coefficient (Wildman–Crippen LogP) is 2.01. The van der Waals surface area contributed by atoms with Gasteiger partial charge in [-0.1, -0.05) is 12.1 Å². The maximum Gasteiger partial charge on any atom is 0.234 e. The van der Waals surface area contributed by atoms with Gasteiger partial charge in [-0.15, -0.1) is 0 Å². The number of nitrogens with zero attached hydrogens (tertiary/aromatic N) is 1. The number of benzene rings is 1. The van der Waals surface area contributed by atoms with Gasteiger partial charge in [0, 0.05) is 19.5 Å². The summed E-state index contributed by atoms with van der Waals surface area (Å²) in [4.78, 5) is 26.4. The third kappa shape index (κ3) is 3.55. The van der Waals surface area contributed by atoms with E-state index in [2.05, 4.69) is 10.2 Å². The second-order valence-electron chi connectivity index (χ2n) is 6.46. The van der Waals surface area contributed by atoms with E-state index in [1.54, 1.807) is 0 Å². The molecule has 0 bridgehead atoms. The van der Waals surface area contributed by atoms with E-state index in [-0.39, 0.29) is 11.7 Å². The molecule has 3 rings (SSSR count). The summed E-state index contributed by atoms with van der Waals surface area (Å²) in [5.41, 5.74) is 0.295. The second-order valence-corrected chi connectivity index (χ2v) is 6.46. The number of carbonyl (C=O) groups is 2. The summed E-state index contributed by atoms with van der Waals surface area (Å²) in [6.45, 7) is 4.67. The van der Waals surface area contributed by atoms with Crippen molar-refractivity contribution in [3.63, 3.8) is 0 Å². The maximum atomic E-state index is 12.5. The van der Waals surface area contributed by atoms with Gasteiger partial charge >= 0.3 is 0 Å². The fourth-order valence-electron chi connectivity index (χ4n) is 3.56. The van der Waals surface area contributed by atoms with E-state index < -0.39 is 5.60 Å². The SMILES string of the molecule is CCNC(=O)CN1CCCC2(CC1)CC(=O)c1ccccc1O2. The summed E-state index contributed by atoms with van der Waals surface area (Å²) in [7, 11) is 0. The Morgan fingerprint density at radius 2 is 2.13 bits per heavy atom. The van der Waals surface area contributed by atoms with Crippen LogP contribution < -0.4 is 10.1 Å². The summed E-state index contributed by atoms with van der Waals surface area (Å²) < 4.78 is 6.26. The Morgan fingerprint density at radius 3 is 2.96 bits per heavy atom. The van der Waals surface area contributed by atoms with Gasteiger partial charge in [0.2, 0.25) is 5.91 Å². The van der Waals surface area contributed by atoms with Crippen LogP contribution in [0.5, 0.6) is 5.75 Å². The van der Waals surface area contributed by atoms with Crippen molar-refractivity contribution in [1.82, 2.24) is 10.2 Å². The molecule has 0 saturated carbocycles. The number of rotatable bonds is 3. The van der Waals surface area contributed by atoms with Crippen LogP contribution in [0.2, 0.25) is 0 Å². The van der Waals surface area contributed by atoms with E-state index in [0.717, 1.165) is 32.4 Å². The zero-order valence-corrected chi connectivity index (χ0v) is 13.6. The number of carbonyl (C=O) groups excluding carboxylic acids is 2. The molecule has 1 spiro atoms. The molecule has 2 heterocycles. The van der Waals surface area contributed by atoms with E-state index in [4.69, 9.17) is 4.74 Å². The number of likely N-dealkylation sites (tertiary alicyclic amines) is 1. The molecule has 0 radical (unpaired) electrons. The van der Waals surface area contributed by atoms with E-state index in [1.165, 1.54) is 0 Å². The van der Waals surface area contributed by atoms with Gasteiger partial charge in [0.15, 0.2) is 5.78 Å². The topological polar surface area (TPSA) is 58.6 Å². The molecular formula is C18H24N2O3. The minimum atomic E-state index is -0.401. The van der Waals surface area contributed by atoms with Gasteiger partial charge in [0.25, 0.3) is 0 Å². The van der Waals surface area contributed by atoms with Crippen molar-refractivity contribution in [1.29, 1.82) is 0 Å². The molecule has 23 heavy (non-hydrogen) atoms. The molecule has 1 aromatic carbocycles. The molecule has 5 heteroatoms. The van der Waals surface area contributed by atoms with Crippen LogP contribution in [0.1, 0.15) is 43.0 Å². The van der Waals surface area contributed by atoms with E-state index in [0.29, 0.717) is 30.8 Å². The second kappa shape index (κ2) is 6.71. The number of para-hydroxylation sites is 1. The standard InChI is InChI=1S/C18H24N2O3/c1-2-19-17(22)13-20-10-5-8-18(9-11-20)12-15(21)14-6-3-4-7-16(14)23-18/h3-4,6-7H,2,5,8-13H2,1H3,(H,19,22). The highest BCUT2D eigenvalue weighted by Gasteiger charge is 2.41. The van der Waals surface area contributed by atoms with Gasteiger partial charge in [-0.2, -0.15) is 0 Å². The first kappa shape index (κ1) is 16.0. The van der Waals surface area contributed by atoms with Crippen molar-refractivity contribution < 1.29 is 14.3 Å². The first-order valence-electron chi connectivity index (χ1n) is 8.42. The minimum absolute atomic E-state index is 0.0643. The number of nitrogens with one attached hydrogen (secondary N) is 1. The molecule has 1 atom stereocenters. The average molecular weight is 316 g/mol. The van der Waals surface area contributed by atoms with Gasteiger partial charge in [0.1, 0.15) is 11.4 Å². The number of ketones is 1. The highest BCUT2D eigenvalue weighted by molar-refractivity contribution is 6.00. The lowest BCUT2D eigenvalue weighted by Gasteiger charge is -2.37. The Balaban J connectivity index is 1.68. The highest BCUT2D eigenvalue weighted by Crippen LogP contribution is 2.39. The summed E-state index contributed by atoms with van der Waals surface area (Å²) in [5.74, 6) is 0.944. The monoisotopic (exact) mass is 316 g/mol. The zero-order valence-electron chi connectivity index (χ0n) is 13.6. The van der Waals surface area contributed by atoms with Crippen LogP contribution in [0, 0.1) is 0 Å². The quantitative estimate of drug-likeness (QED) is 0.927. The summed E-state index contributed by atoms with van der Waals surface area (Å²) in [6, 6.07) is 7.50. The Labute approximate surface area is 137 Å². The number of Topliss-reactive ketones (excluding diaryl/α,β-unsaturated/α-hetero) is 1. The van der Waals surface area contributed by atoms with Crippen LogP contribution in [0.15, 0.2) is 24.3 Å². The fourth-order valence-corrected chi connectivity index (χ4v) is 3.56. The number of hydrogen-bond acceptors (Lipinski definition) is 4. The Morgan fingerprint density at radius 1 is 1.30 bits per heavy atom. The molecule has 2 aliphatic rings. The number of hydrogen-bond donors (Lipinski definition) is 1. The van der Waals surface area contributed by atoms with Gasteiger partial charge in [-0.3, -0.25) is 14.5 Å². The van der Waals surface area contributed by atoms with Gasteiger partial charge in [-0.25, -0.2) is 0 Å². The molecule has 1 fully saturated rings. The third-order valence-corrected chi connectivity index (χ3v) is 4.73. The number of likely N-dealkylation sites (N-methyl/N-ethyl adjacent to an activating group) is 1. The van der Waals surface area contributed by atoms with Gasteiger partial charge < -0.3 is 10.1 Å². The van der Waals surface area contributed by atoms with Crippen LogP contribution in [0.3, 0.4) is 0 Å². The van der Waals surface area contributed by atoms with Crippen LogP contribution in [0.4, 0.5) is 0 Å². The molecule has 1 N–H and O–H groups in total. The number of ether oxygens (including phenoxy) is 1. The minimum Gasteiger partial charge on any atom is -0.486 e. The normalized spacial score (nSPS) is 24.7. The largest absolute Gasteiger partial charge is 0.486 e. The van der Waals surface area contributed by atoms with Crippen LogP contribution >= 0.6 is 0 Å². The molecule has 0 aromatic heterocycles. The molecular weight excluding hydrogens is 292 g/mol. The van der Waals surface area contributed by atoms with Crippen molar-refractivity contribution in [3.05, 3.63) is 29.8 Å². The lowest BCUT2D eigenvalue weighted by Crippen LogP contribution is -2.43. The first-order valence-corrected chi connectivity index (χ1v) is 8.42. The molecule has 124 valence electrons. The Kier molecular flexibility index (Phi) is 4.66. The number of fused-ring (bicyclic) bond motifs is 1. The van der Waals surface area contributed by atoms with E-state index in [9.17, 15) is 9.59 Å². The Bertz CT molecular complexity index is 602. The highest BCUT2D eigenvalue weighted by atomic mass is 16.5. The first-order chi connectivity index (χ1) is 11.1. The molecule has 5 nitrogen and oxygen atoms in total. The predicted molar refractivity (Wildman–Crippen MR) is 87.7 cm³/mol. The summed E-state index contributed by atoms with van der Waals surface area (Å²) in [6.07, 6.45) is 3.03. The molecule has 1 unspecified atom stereocenters. The van der Waals surface area contributed by atoms with Crippen LogP contribution in [-0.2, 0) is 4.79 Å². The lowest BCUT2D eigenvalue weighted by atomic mass is 9.84. The molecule has 1 saturated heterocycles. The van der Waals surface area contributed by atoms with Crippen molar-refractivity contribution >= 4 is 11.7 Å². The smallest absolute Gasteiger partial charge is 0.234 e. The van der Waals surface area contributed by atoms with Gasteiger partial charge in [-0.05, 0) is 38.4 Å². The van der Waals surface area contributed by atoms with Crippen LogP contribution in [-0.4, -0.2) is 48.4 Å².